The molecule has 0 aromatic rings. The van der Waals surface area contributed by atoms with Crippen LogP contribution in [0.15, 0.2) is 0 Å². The standard InChI is InChI=1S/C9H10O6/c1-2-9(8(13)14-5-10)3-6(11)15-7(12)4-9/h5H,2-4H2,1H3. The SMILES string of the molecule is CCC1(C(=O)OC=O)CC(=O)OC(=O)C1. The first-order chi connectivity index (χ1) is 7.04. The second-order valence-electron chi connectivity index (χ2n) is 3.34. The maximum atomic E-state index is 11.4. The number of hydrogen-bond donors (Lipinski definition) is 0. The van der Waals surface area contributed by atoms with Gasteiger partial charge in [-0.2, -0.15) is 0 Å². The van der Waals surface area contributed by atoms with E-state index in [4.69, 9.17) is 0 Å². The minimum absolute atomic E-state index is 0.00976. The van der Waals surface area contributed by atoms with Gasteiger partial charge in [0.1, 0.15) is 0 Å². The molecule has 82 valence electrons. The Hall–Kier alpha value is -1.72. The maximum Gasteiger partial charge on any atom is 0.320 e. The molecule has 6 nitrogen and oxygen atoms in total. The minimum Gasteiger partial charge on any atom is -0.395 e. The molecule has 0 amide bonds. The third-order valence-electron chi connectivity index (χ3n) is 2.46. The van der Waals surface area contributed by atoms with Gasteiger partial charge in [-0.15, -0.1) is 0 Å². The van der Waals surface area contributed by atoms with Crippen LogP contribution < -0.4 is 0 Å². The van der Waals surface area contributed by atoms with Crippen LogP contribution in [0.1, 0.15) is 26.2 Å². The van der Waals surface area contributed by atoms with E-state index in [0.717, 1.165) is 0 Å². The molecule has 0 bridgehead atoms. The zero-order chi connectivity index (χ0) is 11.5. The summed E-state index contributed by atoms with van der Waals surface area (Å²) >= 11 is 0. The van der Waals surface area contributed by atoms with Gasteiger partial charge in [0.15, 0.2) is 0 Å². The van der Waals surface area contributed by atoms with Crippen molar-refractivity contribution in [2.24, 2.45) is 5.41 Å². The average molecular weight is 214 g/mol. The van der Waals surface area contributed by atoms with Gasteiger partial charge in [-0.1, -0.05) is 6.92 Å². The van der Waals surface area contributed by atoms with Crippen LogP contribution in [0.5, 0.6) is 0 Å². The Morgan fingerprint density at radius 1 is 1.47 bits per heavy atom. The summed E-state index contributed by atoms with van der Waals surface area (Å²) in [4.78, 5) is 43.5. The van der Waals surface area contributed by atoms with Crippen molar-refractivity contribution < 1.29 is 28.7 Å². The van der Waals surface area contributed by atoms with Crippen molar-refractivity contribution in [2.45, 2.75) is 26.2 Å². The Bertz CT molecular complexity index is 303. The van der Waals surface area contributed by atoms with Crippen molar-refractivity contribution in [2.75, 3.05) is 0 Å². The average Bonchev–Trinajstić information content (AvgIpc) is 2.16. The van der Waals surface area contributed by atoms with E-state index in [1.807, 2.05) is 0 Å². The molecular formula is C9H10O6. The summed E-state index contributed by atoms with van der Waals surface area (Å²) in [5.74, 6) is -2.39. The molecule has 1 heterocycles. The van der Waals surface area contributed by atoms with Crippen LogP contribution >= 0.6 is 0 Å². The molecule has 0 atom stereocenters. The Labute approximate surface area is 85.5 Å². The first-order valence-electron chi connectivity index (χ1n) is 4.42. The van der Waals surface area contributed by atoms with E-state index in [9.17, 15) is 19.2 Å². The topological polar surface area (TPSA) is 86.7 Å². The summed E-state index contributed by atoms with van der Waals surface area (Å²) in [7, 11) is 0. The molecule has 0 saturated carbocycles. The minimum atomic E-state index is -1.24. The predicted molar refractivity (Wildman–Crippen MR) is 45.2 cm³/mol. The highest BCUT2D eigenvalue weighted by Gasteiger charge is 2.47. The number of carbonyl (C=O) groups is 4. The largest absolute Gasteiger partial charge is 0.395 e. The third-order valence-corrected chi connectivity index (χ3v) is 2.46. The predicted octanol–water partition coefficient (Wildman–Crippen LogP) is -0.0540. The third kappa shape index (κ3) is 2.20. The lowest BCUT2D eigenvalue weighted by Crippen LogP contribution is -2.42. The van der Waals surface area contributed by atoms with E-state index in [1.54, 1.807) is 6.92 Å². The Morgan fingerprint density at radius 2 is 2.00 bits per heavy atom. The summed E-state index contributed by atoms with van der Waals surface area (Å²) in [6.45, 7) is 1.63. The van der Waals surface area contributed by atoms with Crippen molar-refractivity contribution in [1.29, 1.82) is 0 Å². The molecule has 6 heteroatoms. The van der Waals surface area contributed by atoms with Crippen molar-refractivity contribution >= 4 is 24.4 Å². The quantitative estimate of drug-likeness (QED) is 0.371. The molecule has 1 saturated heterocycles. The maximum absolute atomic E-state index is 11.4. The van der Waals surface area contributed by atoms with Crippen LogP contribution in [0.4, 0.5) is 0 Å². The summed E-state index contributed by atoms with van der Waals surface area (Å²) in [5.41, 5.74) is -1.24. The van der Waals surface area contributed by atoms with Gasteiger partial charge in [0.05, 0.1) is 18.3 Å². The summed E-state index contributed by atoms with van der Waals surface area (Å²) < 4.78 is 8.49. The van der Waals surface area contributed by atoms with Crippen LogP contribution in [0.3, 0.4) is 0 Å². The van der Waals surface area contributed by atoms with Crippen LogP contribution in [0.25, 0.3) is 0 Å². The number of esters is 3. The van der Waals surface area contributed by atoms with Gasteiger partial charge < -0.3 is 9.47 Å². The van der Waals surface area contributed by atoms with E-state index in [0.29, 0.717) is 0 Å². The van der Waals surface area contributed by atoms with E-state index in [-0.39, 0.29) is 25.7 Å². The highest BCUT2D eigenvalue weighted by molar-refractivity contribution is 5.97. The van der Waals surface area contributed by atoms with Crippen LogP contribution in [-0.4, -0.2) is 24.4 Å². The molecule has 1 fully saturated rings. The van der Waals surface area contributed by atoms with E-state index in [1.165, 1.54) is 0 Å². The molecule has 1 aliphatic heterocycles. The fourth-order valence-corrected chi connectivity index (χ4v) is 1.52. The molecule has 0 spiro atoms. The fraction of sp³-hybridized carbons (Fsp3) is 0.556. The number of hydrogen-bond acceptors (Lipinski definition) is 6. The molecule has 0 unspecified atom stereocenters. The lowest BCUT2D eigenvalue weighted by molar-refractivity contribution is -0.180. The summed E-state index contributed by atoms with van der Waals surface area (Å²) in [6.07, 6.45) is -0.232. The molecule has 0 radical (unpaired) electrons. The van der Waals surface area contributed by atoms with Gasteiger partial charge in [0, 0.05) is 0 Å². The molecule has 1 rings (SSSR count). The Kier molecular flexibility index (Phi) is 3.18. The van der Waals surface area contributed by atoms with E-state index < -0.39 is 23.3 Å². The molecule has 0 aromatic heterocycles. The summed E-state index contributed by atoms with van der Waals surface area (Å²) in [6, 6.07) is 0. The molecule has 0 aromatic carbocycles. The Morgan fingerprint density at radius 3 is 2.40 bits per heavy atom. The first-order valence-corrected chi connectivity index (χ1v) is 4.42. The lowest BCUT2D eigenvalue weighted by atomic mass is 9.77. The zero-order valence-corrected chi connectivity index (χ0v) is 8.15. The van der Waals surface area contributed by atoms with Gasteiger partial charge in [-0.25, -0.2) is 0 Å². The first kappa shape index (κ1) is 11.4. The second kappa shape index (κ2) is 4.20. The van der Waals surface area contributed by atoms with E-state index >= 15 is 0 Å². The van der Waals surface area contributed by atoms with Crippen molar-refractivity contribution in [3.05, 3.63) is 0 Å². The van der Waals surface area contributed by atoms with Crippen LogP contribution in [-0.2, 0) is 28.7 Å². The highest BCUT2D eigenvalue weighted by Crippen LogP contribution is 2.36. The zero-order valence-electron chi connectivity index (χ0n) is 8.15. The molecule has 0 aliphatic carbocycles. The number of rotatable bonds is 3. The number of ether oxygens (including phenoxy) is 2. The van der Waals surface area contributed by atoms with Gasteiger partial charge in [0.2, 0.25) is 0 Å². The van der Waals surface area contributed by atoms with Crippen molar-refractivity contribution in [1.82, 2.24) is 0 Å². The Balaban J connectivity index is 2.92. The monoisotopic (exact) mass is 214 g/mol. The molecular weight excluding hydrogens is 204 g/mol. The molecule has 0 N–H and O–H groups in total. The fourth-order valence-electron chi connectivity index (χ4n) is 1.52. The van der Waals surface area contributed by atoms with Crippen LogP contribution in [0, 0.1) is 5.41 Å². The van der Waals surface area contributed by atoms with Crippen LogP contribution in [0.2, 0.25) is 0 Å². The van der Waals surface area contributed by atoms with Gasteiger partial charge >= 0.3 is 24.4 Å². The van der Waals surface area contributed by atoms with Gasteiger partial charge in [-0.3, -0.25) is 19.2 Å². The smallest absolute Gasteiger partial charge is 0.320 e. The van der Waals surface area contributed by atoms with Crippen molar-refractivity contribution in [3.63, 3.8) is 0 Å². The van der Waals surface area contributed by atoms with Gasteiger partial charge in [-0.05, 0) is 6.42 Å². The van der Waals surface area contributed by atoms with Crippen molar-refractivity contribution in [3.8, 4) is 0 Å². The number of cyclic esters (lactones) is 2. The number of carbonyl (C=O) groups excluding carboxylic acids is 4. The van der Waals surface area contributed by atoms with Gasteiger partial charge in [0.25, 0.3) is 0 Å². The normalized spacial score (nSPS) is 19.3. The molecule has 15 heavy (non-hydrogen) atoms. The molecule has 1 aliphatic rings. The summed E-state index contributed by atoms with van der Waals surface area (Å²) in [5, 5.41) is 0. The van der Waals surface area contributed by atoms with E-state index in [2.05, 4.69) is 9.47 Å². The second-order valence-corrected chi connectivity index (χ2v) is 3.34. The lowest BCUT2D eigenvalue weighted by Gasteiger charge is -2.30. The highest BCUT2D eigenvalue weighted by atomic mass is 16.6.